The molecule has 3 aliphatic rings. The van der Waals surface area contributed by atoms with Gasteiger partial charge in [-0.15, -0.1) is 0 Å². The lowest BCUT2D eigenvalue weighted by molar-refractivity contribution is 0.283. The van der Waals surface area contributed by atoms with E-state index in [1.165, 1.54) is 86.6 Å². The summed E-state index contributed by atoms with van der Waals surface area (Å²) in [5.74, 6) is 3.91. The number of imidazole rings is 3. The first-order valence-electron chi connectivity index (χ1n) is 41.7. The summed E-state index contributed by atoms with van der Waals surface area (Å²) in [6.07, 6.45) is 19.4. The number of hydrogen-bond donors (Lipinski definition) is 6. The highest BCUT2D eigenvalue weighted by Gasteiger charge is 2.25. The first-order valence-corrected chi connectivity index (χ1v) is 41.7. The summed E-state index contributed by atoms with van der Waals surface area (Å²) in [6.45, 7) is 10.2. The number of pyridine rings is 3. The molecule has 0 bridgehead atoms. The van der Waals surface area contributed by atoms with Crippen LogP contribution in [-0.4, -0.2) is 143 Å². The Morgan fingerprint density at radius 1 is 0.355 bits per heavy atom. The summed E-state index contributed by atoms with van der Waals surface area (Å²) in [7, 11) is 3.36. The maximum absolute atomic E-state index is 9.85. The molecule has 0 spiro atoms. The topological polar surface area (TPSA) is 246 Å². The number of aromatic nitrogens is 15. The van der Waals surface area contributed by atoms with E-state index in [0.717, 1.165) is 204 Å². The van der Waals surface area contributed by atoms with E-state index in [2.05, 4.69) is 236 Å². The molecule has 3 aliphatic heterocycles. The van der Waals surface area contributed by atoms with E-state index in [1.807, 2.05) is 96.5 Å². The van der Waals surface area contributed by atoms with Crippen molar-refractivity contribution in [1.82, 2.24) is 89.7 Å². The van der Waals surface area contributed by atoms with Gasteiger partial charge in [-0.05, 0) is 212 Å². The zero-order valence-electron chi connectivity index (χ0n) is 67.5. The minimum atomic E-state index is -0.0769. The Bertz CT molecular complexity index is 7120. The largest absolute Gasteiger partial charge is 0.497 e. The first kappa shape index (κ1) is 75.6. The number of rotatable bonds is 17. The fourth-order valence-electron chi connectivity index (χ4n) is 17.5. The van der Waals surface area contributed by atoms with Gasteiger partial charge in [0.1, 0.15) is 28.6 Å². The third kappa shape index (κ3) is 15.5. The number of hydrogen-bond acceptors (Lipinski definition) is 15. The predicted octanol–water partition coefficient (Wildman–Crippen LogP) is 20.1. The Balaban J connectivity index is 0.000000113. The number of methoxy groups -OCH3 is 2. The monoisotopic (exact) mass is 1590 g/mol. The van der Waals surface area contributed by atoms with Gasteiger partial charge >= 0.3 is 0 Å². The second kappa shape index (κ2) is 33.7. The molecular formula is C100H90N18O3. The molecule has 0 saturated carbocycles. The summed E-state index contributed by atoms with van der Waals surface area (Å²) in [4.78, 5) is 44.2. The zero-order valence-corrected chi connectivity index (χ0v) is 67.5. The molecule has 0 atom stereocenters. The summed E-state index contributed by atoms with van der Waals surface area (Å²) < 4.78 is 14.8. The van der Waals surface area contributed by atoms with Crippen molar-refractivity contribution in [2.24, 2.45) is 0 Å². The molecule has 9 aromatic heterocycles. The first-order chi connectivity index (χ1) is 59.8. The van der Waals surface area contributed by atoms with Crippen molar-refractivity contribution < 1.29 is 14.6 Å². The third-order valence-electron chi connectivity index (χ3n) is 23.8. The van der Waals surface area contributed by atoms with Crippen LogP contribution in [0.5, 0.6) is 11.5 Å². The van der Waals surface area contributed by atoms with Gasteiger partial charge in [-0.3, -0.25) is 39.2 Å². The second-order valence-corrected chi connectivity index (χ2v) is 31.5. The zero-order chi connectivity index (χ0) is 81.1. The number of para-hydroxylation sites is 3. The van der Waals surface area contributed by atoms with Gasteiger partial charge in [-0.25, -0.2) is 15.0 Å². The third-order valence-corrected chi connectivity index (χ3v) is 23.8. The van der Waals surface area contributed by atoms with E-state index in [9.17, 15) is 5.11 Å². The van der Waals surface area contributed by atoms with Crippen molar-refractivity contribution in [2.45, 2.75) is 71.3 Å². The lowest BCUT2D eigenvalue weighted by Gasteiger charge is -2.14. The van der Waals surface area contributed by atoms with E-state index in [1.54, 1.807) is 14.2 Å². The Hall–Kier alpha value is -14.1. The summed E-state index contributed by atoms with van der Waals surface area (Å²) >= 11 is 0. The molecule has 121 heavy (non-hydrogen) atoms. The predicted molar refractivity (Wildman–Crippen MR) is 484 cm³/mol. The van der Waals surface area contributed by atoms with Crippen molar-refractivity contribution in [3.8, 4) is 79.4 Å². The number of aliphatic hydroxyl groups excluding tert-OH is 1. The molecular weight excluding hydrogens is 1500 g/mol. The molecule has 598 valence electrons. The molecule has 11 aromatic carbocycles. The van der Waals surface area contributed by atoms with E-state index >= 15 is 0 Å². The van der Waals surface area contributed by atoms with E-state index in [-0.39, 0.29) is 6.61 Å². The average Bonchev–Trinajstić information content (AvgIpc) is 1.61. The van der Waals surface area contributed by atoms with Crippen LogP contribution in [0.3, 0.4) is 0 Å². The van der Waals surface area contributed by atoms with Gasteiger partial charge in [0, 0.05) is 105 Å². The Morgan fingerprint density at radius 3 is 1.17 bits per heavy atom. The molecule has 20 aromatic rings. The van der Waals surface area contributed by atoms with Crippen LogP contribution in [0.25, 0.3) is 166 Å². The molecule has 12 heterocycles. The molecule has 6 N–H and O–H groups in total. The van der Waals surface area contributed by atoms with E-state index < -0.39 is 0 Å². The maximum atomic E-state index is 9.85. The SMILES string of the molecule is C1CCNC1.COc1ccc(Cn2nc(-c3nc4c(CN5CCCC5)cccc4[nH]3)c3cc(-c4cncc5ccccc45)ccc32)cc1.COc1ccc(Cn2nc(-c3nc4c(CO)cccc4[nH]3)c3cc(-c4cncc5ccccc45)ccc32)cc1.c1ccc2c(-c3ccc4[nH]nc(-c5nc6c(CN7CCCC7)cccc6[nH]5)c4c3)cncc2c1. The lowest BCUT2D eigenvalue weighted by Crippen LogP contribution is -2.18. The number of H-pyrrole nitrogens is 4. The van der Waals surface area contributed by atoms with Gasteiger partial charge in [-0.1, -0.05) is 152 Å². The highest BCUT2D eigenvalue weighted by molar-refractivity contribution is 6.05. The highest BCUT2D eigenvalue weighted by atomic mass is 16.5. The van der Waals surface area contributed by atoms with Crippen molar-refractivity contribution >= 4 is 98.1 Å². The Labute approximate surface area is 698 Å². The van der Waals surface area contributed by atoms with Gasteiger partial charge in [-0.2, -0.15) is 15.3 Å². The van der Waals surface area contributed by atoms with Crippen molar-refractivity contribution in [2.75, 3.05) is 53.5 Å². The number of nitrogens with zero attached hydrogens (tertiary/aromatic N) is 13. The number of fused-ring (bicyclic) bond motifs is 9. The van der Waals surface area contributed by atoms with Crippen LogP contribution < -0.4 is 14.8 Å². The fourth-order valence-corrected chi connectivity index (χ4v) is 17.5. The molecule has 0 radical (unpaired) electrons. The van der Waals surface area contributed by atoms with Crippen LogP contribution in [0.15, 0.2) is 268 Å². The van der Waals surface area contributed by atoms with Gasteiger partial charge < -0.3 is 34.8 Å². The van der Waals surface area contributed by atoms with Crippen LogP contribution in [0.1, 0.15) is 66.3 Å². The minimum Gasteiger partial charge on any atom is -0.497 e. The molecule has 0 aliphatic carbocycles. The lowest BCUT2D eigenvalue weighted by atomic mass is 9.99. The number of aliphatic hydroxyl groups is 1. The van der Waals surface area contributed by atoms with Crippen LogP contribution in [0.2, 0.25) is 0 Å². The van der Waals surface area contributed by atoms with Crippen LogP contribution in [0.4, 0.5) is 0 Å². The van der Waals surface area contributed by atoms with Crippen molar-refractivity contribution in [1.29, 1.82) is 0 Å². The number of aromatic amines is 4. The number of likely N-dealkylation sites (tertiary alicyclic amines) is 2. The van der Waals surface area contributed by atoms with E-state index in [4.69, 9.17) is 34.6 Å². The smallest absolute Gasteiger partial charge is 0.159 e. The Kier molecular flexibility index (Phi) is 21.1. The fraction of sp³-hybridized carbons (Fsp3) is 0.190. The quantitative estimate of drug-likeness (QED) is 0.0496. The van der Waals surface area contributed by atoms with Crippen LogP contribution in [-0.2, 0) is 32.8 Å². The van der Waals surface area contributed by atoms with Crippen molar-refractivity contribution in [3.63, 3.8) is 0 Å². The molecule has 0 unspecified atom stereocenters. The molecule has 3 fully saturated rings. The molecule has 23 rings (SSSR count). The van der Waals surface area contributed by atoms with Crippen LogP contribution >= 0.6 is 0 Å². The highest BCUT2D eigenvalue weighted by Crippen LogP contribution is 2.40. The summed E-state index contributed by atoms with van der Waals surface area (Å²) in [6, 6.07) is 79.3. The second-order valence-electron chi connectivity index (χ2n) is 31.5. The number of ether oxygens (including phenoxy) is 2. The minimum absolute atomic E-state index is 0.0769. The molecule has 21 nitrogen and oxygen atoms in total. The standard InChI is InChI=1S/C36H32N6O.C32H25N5O2.C28H24N6.C4H9N/c1-43-28-14-11-24(12-15-28)22-42-33-16-13-25(31-21-37-20-26-7-2-3-9-29(26)31)19-30(33)35(40-42)36-38-32-10-6-8-27(34(32)39-36)23-41-17-4-5-18-41;1-39-24-12-9-20(10-13-24)18-37-29-14-11-21(27-17-33-16-22-5-2-3-7-25(22)27)15-26(29)31(36-37)32-34-28-8-4-6-23(19-38)30(28)35-32;1-2-8-21-19(6-1)15-29-16-23(21)18-10-11-24-22(14-18)27(33-32-24)28-30-25-9-5-7-20(26(25)31-28)17-34-12-3-4-13-34;1-2-4-5-3-1/h2-3,6-16,19-21H,4-5,17-18,22-23H2,1H3,(H,38,39);2-17,38H,18-19H2,1H3,(H,34,35);1-2,5-11,14-16H,3-4,12-13,17H2,(H,30,31)(H,32,33);5H,1-4H2. The summed E-state index contributed by atoms with van der Waals surface area (Å²) in [5, 5.41) is 41.1. The number of benzene rings is 11. The normalized spacial score (nSPS) is 13.7. The van der Waals surface area contributed by atoms with Crippen LogP contribution in [0, 0.1) is 0 Å². The summed E-state index contributed by atoms with van der Waals surface area (Å²) in [5.41, 5.74) is 23.4. The van der Waals surface area contributed by atoms with Crippen molar-refractivity contribution in [3.05, 3.63) is 296 Å². The maximum Gasteiger partial charge on any atom is 0.159 e. The van der Waals surface area contributed by atoms with Gasteiger partial charge in [0.05, 0.1) is 83.6 Å². The molecule has 21 heteroatoms. The van der Waals surface area contributed by atoms with E-state index in [0.29, 0.717) is 18.9 Å². The number of nitrogens with one attached hydrogen (secondary N) is 5. The molecule has 0 amide bonds. The van der Waals surface area contributed by atoms with Gasteiger partial charge in [0.2, 0.25) is 0 Å². The molecule has 3 saturated heterocycles. The Morgan fingerprint density at radius 2 is 0.752 bits per heavy atom. The van der Waals surface area contributed by atoms with Gasteiger partial charge in [0.25, 0.3) is 0 Å². The average molecular weight is 1590 g/mol. The van der Waals surface area contributed by atoms with Gasteiger partial charge in [0.15, 0.2) is 17.5 Å².